The molecule has 0 bridgehead atoms. The van der Waals surface area contributed by atoms with Crippen LogP contribution in [0.4, 0.5) is 0 Å². The number of sulfonamides is 1. The molecule has 0 aliphatic carbocycles. The minimum absolute atomic E-state index is 0.126. The van der Waals surface area contributed by atoms with Gasteiger partial charge in [-0.15, -0.1) is 0 Å². The molecule has 0 saturated carbocycles. The van der Waals surface area contributed by atoms with Crippen LogP contribution in [0.25, 0.3) is 0 Å². The van der Waals surface area contributed by atoms with E-state index in [1.807, 2.05) is 19.9 Å². The minimum Gasteiger partial charge on any atom is -0.466 e. The fourth-order valence-electron chi connectivity index (χ4n) is 2.18. The van der Waals surface area contributed by atoms with Gasteiger partial charge < -0.3 is 10.2 Å². The van der Waals surface area contributed by atoms with Crippen LogP contribution in [0.3, 0.4) is 0 Å². The summed E-state index contributed by atoms with van der Waals surface area (Å²) in [6, 6.07) is 1.45. The number of rotatable bonds is 6. The largest absolute Gasteiger partial charge is 0.466 e. The van der Waals surface area contributed by atoms with Gasteiger partial charge in [-0.3, -0.25) is 4.68 Å². The molecule has 0 saturated heterocycles. The molecule has 7 nitrogen and oxygen atoms in total. The molecule has 2 heterocycles. The lowest BCUT2D eigenvalue weighted by atomic mass is 10.1. The van der Waals surface area contributed by atoms with E-state index in [-0.39, 0.29) is 10.9 Å². The van der Waals surface area contributed by atoms with Gasteiger partial charge in [0.25, 0.3) is 0 Å². The molecule has 0 aliphatic rings. The van der Waals surface area contributed by atoms with Gasteiger partial charge in [-0.1, -0.05) is 0 Å². The Morgan fingerprint density at radius 2 is 2.19 bits per heavy atom. The van der Waals surface area contributed by atoms with Crippen LogP contribution in [0.15, 0.2) is 27.8 Å². The summed E-state index contributed by atoms with van der Waals surface area (Å²) in [6.45, 7) is 6.30. The van der Waals surface area contributed by atoms with Gasteiger partial charge in [-0.25, -0.2) is 13.1 Å². The van der Waals surface area contributed by atoms with Crippen LogP contribution in [-0.4, -0.2) is 24.7 Å². The predicted octanol–water partition coefficient (Wildman–Crippen LogP) is 1.09. The highest BCUT2D eigenvalue weighted by molar-refractivity contribution is 7.89. The second-order valence-corrected chi connectivity index (χ2v) is 6.65. The highest BCUT2D eigenvalue weighted by Gasteiger charge is 2.22. The van der Waals surface area contributed by atoms with Crippen molar-refractivity contribution < 1.29 is 12.8 Å². The van der Waals surface area contributed by atoms with Gasteiger partial charge >= 0.3 is 0 Å². The van der Waals surface area contributed by atoms with E-state index in [2.05, 4.69) is 9.82 Å². The molecule has 2 rings (SSSR count). The van der Waals surface area contributed by atoms with Gasteiger partial charge in [0.1, 0.15) is 16.4 Å². The maximum absolute atomic E-state index is 12.3. The fourth-order valence-corrected chi connectivity index (χ4v) is 3.36. The smallest absolute Gasteiger partial charge is 0.244 e. The molecule has 0 aliphatic heterocycles. The van der Waals surface area contributed by atoms with E-state index < -0.39 is 10.0 Å². The van der Waals surface area contributed by atoms with Crippen molar-refractivity contribution >= 4 is 10.0 Å². The maximum Gasteiger partial charge on any atom is 0.244 e. The van der Waals surface area contributed by atoms with Crippen molar-refractivity contribution in [2.75, 3.05) is 6.54 Å². The van der Waals surface area contributed by atoms with Crippen LogP contribution in [0.5, 0.6) is 0 Å². The highest BCUT2D eigenvalue weighted by Crippen LogP contribution is 2.23. The summed E-state index contributed by atoms with van der Waals surface area (Å²) in [7, 11) is -3.63. The summed E-state index contributed by atoms with van der Waals surface area (Å²) in [5, 5.41) is 3.97. The summed E-state index contributed by atoms with van der Waals surface area (Å²) in [5.74, 6) is 1.46. The van der Waals surface area contributed by atoms with Gasteiger partial charge in [0.15, 0.2) is 0 Å². The van der Waals surface area contributed by atoms with Crippen molar-refractivity contribution in [3.63, 3.8) is 0 Å². The Labute approximate surface area is 124 Å². The zero-order valence-electron chi connectivity index (χ0n) is 12.3. The standard InChI is InChI=1S/C13H20N4O3S/c1-9-6-13(11(3)20-9)10(2)16-21(18,19)12-7-15-17(8-12)5-4-14/h6-8,10,16H,4-5,14H2,1-3H3. The zero-order valence-corrected chi connectivity index (χ0v) is 13.1. The number of hydrogen-bond donors (Lipinski definition) is 2. The number of nitrogens with two attached hydrogens (primary N) is 1. The Morgan fingerprint density at radius 1 is 1.48 bits per heavy atom. The lowest BCUT2D eigenvalue weighted by Gasteiger charge is -2.12. The summed E-state index contributed by atoms with van der Waals surface area (Å²) in [4.78, 5) is 0.126. The average Bonchev–Trinajstić information content (AvgIpc) is 2.96. The summed E-state index contributed by atoms with van der Waals surface area (Å²) in [5.41, 5.74) is 6.24. The molecule has 0 radical (unpaired) electrons. The second kappa shape index (κ2) is 6.00. The topological polar surface area (TPSA) is 103 Å². The van der Waals surface area contributed by atoms with Crippen molar-refractivity contribution in [2.45, 2.75) is 38.3 Å². The van der Waals surface area contributed by atoms with Crippen molar-refractivity contribution in [2.24, 2.45) is 5.73 Å². The third kappa shape index (κ3) is 3.52. The van der Waals surface area contributed by atoms with Crippen molar-refractivity contribution in [1.29, 1.82) is 0 Å². The van der Waals surface area contributed by atoms with Crippen LogP contribution in [-0.2, 0) is 16.6 Å². The lowest BCUT2D eigenvalue weighted by molar-refractivity contribution is 0.496. The first-order valence-electron chi connectivity index (χ1n) is 6.65. The molecule has 116 valence electrons. The number of hydrogen-bond acceptors (Lipinski definition) is 5. The van der Waals surface area contributed by atoms with Crippen molar-refractivity contribution in [3.8, 4) is 0 Å². The van der Waals surface area contributed by atoms with Crippen LogP contribution < -0.4 is 10.5 Å². The third-order valence-corrected chi connectivity index (χ3v) is 4.65. The van der Waals surface area contributed by atoms with Crippen LogP contribution in [0.1, 0.15) is 30.0 Å². The number of nitrogens with zero attached hydrogens (tertiary/aromatic N) is 2. The first-order valence-corrected chi connectivity index (χ1v) is 8.13. The SMILES string of the molecule is Cc1cc(C(C)NS(=O)(=O)c2cnn(CCN)c2)c(C)o1. The average molecular weight is 312 g/mol. The molecule has 0 spiro atoms. The van der Waals surface area contributed by atoms with Gasteiger partial charge in [0, 0.05) is 24.3 Å². The molecular formula is C13H20N4O3S. The lowest BCUT2D eigenvalue weighted by Crippen LogP contribution is -2.26. The minimum atomic E-state index is -3.63. The molecule has 21 heavy (non-hydrogen) atoms. The van der Waals surface area contributed by atoms with E-state index in [4.69, 9.17) is 10.2 Å². The van der Waals surface area contributed by atoms with Gasteiger partial charge in [-0.2, -0.15) is 5.10 Å². The van der Waals surface area contributed by atoms with Gasteiger partial charge in [0.2, 0.25) is 10.0 Å². The van der Waals surface area contributed by atoms with Crippen molar-refractivity contribution in [1.82, 2.24) is 14.5 Å². The van der Waals surface area contributed by atoms with Crippen molar-refractivity contribution in [3.05, 3.63) is 35.5 Å². The van der Waals surface area contributed by atoms with Crippen LogP contribution in [0.2, 0.25) is 0 Å². The third-order valence-electron chi connectivity index (χ3n) is 3.16. The van der Waals surface area contributed by atoms with E-state index >= 15 is 0 Å². The Balaban J connectivity index is 2.18. The summed E-state index contributed by atoms with van der Waals surface area (Å²) in [6.07, 6.45) is 2.79. The number of nitrogens with one attached hydrogen (secondary N) is 1. The Morgan fingerprint density at radius 3 is 2.76 bits per heavy atom. The molecular weight excluding hydrogens is 292 g/mol. The van der Waals surface area contributed by atoms with Crippen LogP contribution in [0, 0.1) is 13.8 Å². The Kier molecular flexibility index (Phi) is 4.50. The van der Waals surface area contributed by atoms with Gasteiger partial charge in [-0.05, 0) is 26.8 Å². The first-order chi connectivity index (χ1) is 9.83. The number of furan rings is 1. The van der Waals surface area contributed by atoms with E-state index in [1.54, 1.807) is 6.92 Å². The van der Waals surface area contributed by atoms with E-state index in [0.717, 1.165) is 11.3 Å². The Hall–Kier alpha value is -1.64. The Bertz CT molecular complexity index is 718. The molecule has 2 aromatic heterocycles. The van der Waals surface area contributed by atoms with E-state index in [0.29, 0.717) is 18.8 Å². The highest BCUT2D eigenvalue weighted by atomic mass is 32.2. The molecule has 1 unspecified atom stereocenters. The van der Waals surface area contributed by atoms with Gasteiger partial charge in [0.05, 0.1) is 12.7 Å². The van der Waals surface area contributed by atoms with E-state index in [9.17, 15) is 8.42 Å². The molecule has 0 aromatic carbocycles. The maximum atomic E-state index is 12.3. The predicted molar refractivity (Wildman–Crippen MR) is 78.2 cm³/mol. The second-order valence-electron chi connectivity index (χ2n) is 4.94. The quantitative estimate of drug-likeness (QED) is 0.831. The van der Waals surface area contributed by atoms with E-state index in [1.165, 1.54) is 17.1 Å². The molecule has 2 aromatic rings. The summed E-state index contributed by atoms with van der Waals surface area (Å²) >= 11 is 0. The van der Waals surface area contributed by atoms with Crippen LogP contribution >= 0.6 is 0 Å². The molecule has 0 amide bonds. The normalized spacial score (nSPS) is 13.5. The number of aryl methyl sites for hydroxylation is 2. The molecule has 0 fully saturated rings. The zero-order chi connectivity index (χ0) is 15.6. The number of aromatic nitrogens is 2. The molecule has 3 N–H and O–H groups in total. The fraction of sp³-hybridized carbons (Fsp3) is 0.462. The molecule has 1 atom stereocenters. The monoisotopic (exact) mass is 312 g/mol. The first kappa shape index (κ1) is 15.7. The molecule has 8 heteroatoms. The summed E-state index contributed by atoms with van der Waals surface area (Å²) < 4.78 is 34.2.